The van der Waals surface area contributed by atoms with Gasteiger partial charge >= 0.3 is 0 Å². The average molecular weight is 238 g/mol. The fourth-order valence-electron chi connectivity index (χ4n) is 1.78. The first-order valence-electron chi connectivity index (χ1n) is 5.39. The first kappa shape index (κ1) is 11.7. The van der Waals surface area contributed by atoms with Crippen molar-refractivity contribution in [2.24, 2.45) is 0 Å². The third kappa shape index (κ3) is 1.92. The van der Waals surface area contributed by atoms with Crippen LogP contribution in [-0.4, -0.2) is 15.3 Å². The quantitative estimate of drug-likeness (QED) is 0.824. The van der Waals surface area contributed by atoms with Crippen LogP contribution in [-0.2, 0) is 4.79 Å². The minimum absolute atomic E-state index is 0.0223. The average Bonchev–Trinajstić information content (AvgIpc) is 2.70. The first-order valence-corrected chi connectivity index (χ1v) is 5.39. The van der Waals surface area contributed by atoms with Crippen LogP contribution in [0.2, 0.25) is 0 Å². The van der Waals surface area contributed by atoms with Gasteiger partial charge in [0.05, 0.1) is 23.4 Å². The Bertz CT molecular complexity index is 577. The Kier molecular flexibility index (Phi) is 2.92. The smallest absolute Gasteiger partial charge is 0.161 e. The van der Waals surface area contributed by atoms with Crippen molar-refractivity contribution in [3.63, 3.8) is 0 Å². The van der Waals surface area contributed by atoms with E-state index in [9.17, 15) is 13.6 Å². The summed E-state index contributed by atoms with van der Waals surface area (Å²) in [6, 6.07) is 1.68. The number of imidazole rings is 1. The Morgan fingerprint density at radius 3 is 2.71 bits per heavy atom. The Hall–Kier alpha value is -1.78. The van der Waals surface area contributed by atoms with Crippen molar-refractivity contribution in [1.29, 1.82) is 0 Å². The lowest BCUT2D eigenvalue weighted by atomic mass is 10.1. The Morgan fingerprint density at radius 1 is 1.41 bits per heavy atom. The highest BCUT2D eigenvalue weighted by Crippen LogP contribution is 2.21. The van der Waals surface area contributed by atoms with Gasteiger partial charge in [-0.05, 0) is 6.92 Å². The van der Waals surface area contributed by atoms with Gasteiger partial charge in [0.1, 0.15) is 0 Å². The summed E-state index contributed by atoms with van der Waals surface area (Å²) in [6.45, 7) is 3.48. The molecule has 0 saturated carbocycles. The van der Waals surface area contributed by atoms with Gasteiger partial charge in [0.15, 0.2) is 17.4 Å². The van der Waals surface area contributed by atoms with Gasteiger partial charge in [-0.15, -0.1) is 0 Å². The van der Waals surface area contributed by atoms with Crippen molar-refractivity contribution < 1.29 is 13.6 Å². The number of fused-ring (bicyclic) bond motifs is 1. The van der Waals surface area contributed by atoms with Crippen LogP contribution >= 0.6 is 0 Å². The van der Waals surface area contributed by atoms with Crippen molar-refractivity contribution in [1.82, 2.24) is 9.55 Å². The number of aromatic nitrogens is 2. The van der Waals surface area contributed by atoms with Crippen LogP contribution in [0.25, 0.3) is 11.0 Å². The third-order valence-corrected chi connectivity index (χ3v) is 2.85. The second kappa shape index (κ2) is 4.24. The van der Waals surface area contributed by atoms with Crippen molar-refractivity contribution in [3.05, 3.63) is 30.1 Å². The molecular weight excluding hydrogens is 226 g/mol. The van der Waals surface area contributed by atoms with Crippen molar-refractivity contribution in [2.45, 2.75) is 26.3 Å². The van der Waals surface area contributed by atoms with Crippen LogP contribution in [0.15, 0.2) is 18.5 Å². The summed E-state index contributed by atoms with van der Waals surface area (Å²) < 4.78 is 27.7. The standard InChI is InChI=1S/C12H12F2N2O/c1-3-12(17)7(2)16-6-15-10-4-8(13)9(14)5-11(10)16/h4-7H,3H2,1-2H3. The minimum Gasteiger partial charge on any atom is -0.320 e. The van der Waals surface area contributed by atoms with Gasteiger partial charge in [-0.2, -0.15) is 0 Å². The molecule has 0 saturated heterocycles. The number of Topliss-reactive ketones (excluding diaryl/α,β-unsaturated/α-hetero) is 1. The molecule has 0 amide bonds. The molecule has 0 spiro atoms. The molecule has 2 aromatic rings. The van der Waals surface area contributed by atoms with Crippen molar-refractivity contribution in [3.8, 4) is 0 Å². The van der Waals surface area contributed by atoms with Gasteiger partial charge in [-0.3, -0.25) is 4.79 Å². The van der Waals surface area contributed by atoms with Gasteiger partial charge in [-0.25, -0.2) is 13.8 Å². The predicted molar refractivity (Wildman–Crippen MR) is 59.7 cm³/mol. The normalized spacial score (nSPS) is 12.9. The fraction of sp³-hybridized carbons (Fsp3) is 0.333. The maximum absolute atomic E-state index is 13.2. The molecule has 1 heterocycles. The molecule has 1 aromatic heterocycles. The summed E-state index contributed by atoms with van der Waals surface area (Å²) >= 11 is 0. The van der Waals surface area contributed by atoms with Crippen LogP contribution in [0.3, 0.4) is 0 Å². The van der Waals surface area contributed by atoms with Gasteiger partial charge in [0.25, 0.3) is 0 Å². The lowest BCUT2D eigenvalue weighted by Gasteiger charge is -2.11. The zero-order chi connectivity index (χ0) is 12.6. The lowest BCUT2D eigenvalue weighted by Crippen LogP contribution is -2.14. The Balaban J connectivity index is 2.56. The highest BCUT2D eigenvalue weighted by Gasteiger charge is 2.17. The van der Waals surface area contributed by atoms with E-state index in [-0.39, 0.29) is 5.78 Å². The van der Waals surface area contributed by atoms with E-state index in [4.69, 9.17) is 0 Å². The number of ketones is 1. The summed E-state index contributed by atoms with van der Waals surface area (Å²) in [5, 5.41) is 0. The molecule has 5 heteroatoms. The van der Waals surface area contributed by atoms with Crippen LogP contribution < -0.4 is 0 Å². The van der Waals surface area contributed by atoms with Crippen LogP contribution in [0.1, 0.15) is 26.3 Å². The molecule has 1 aromatic carbocycles. The summed E-state index contributed by atoms with van der Waals surface area (Å²) in [4.78, 5) is 15.6. The van der Waals surface area contributed by atoms with E-state index >= 15 is 0 Å². The van der Waals surface area contributed by atoms with Gasteiger partial charge in [0, 0.05) is 18.6 Å². The maximum atomic E-state index is 13.2. The van der Waals surface area contributed by atoms with E-state index in [1.54, 1.807) is 18.4 Å². The van der Waals surface area contributed by atoms with E-state index in [1.165, 1.54) is 6.33 Å². The molecule has 1 unspecified atom stereocenters. The van der Waals surface area contributed by atoms with Crippen molar-refractivity contribution >= 4 is 16.8 Å². The first-order chi connectivity index (χ1) is 8.04. The molecule has 0 bridgehead atoms. The number of hydrogen-bond acceptors (Lipinski definition) is 2. The van der Waals surface area contributed by atoms with Gasteiger partial charge in [-0.1, -0.05) is 6.92 Å². The Morgan fingerprint density at radius 2 is 2.06 bits per heavy atom. The van der Waals surface area contributed by atoms with E-state index < -0.39 is 17.7 Å². The SMILES string of the molecule is CCC(=O)C(C)n1cnc2cc(F)c(F)cc21. The molecule has 0 fully saturated rings. The zero-order valence-corrected chi connectivity index (χ0v) is 9.58. The molecule has 0 radical (unpaired) electrons. The molecular formula is C12H12F2N2O. The monoisotopic (exact) mass is 238 g/mol. The molecule has 3 nitrogen and oxygen atoms in total. The number of benzene rings is 1. The number of rotatable bonds is 3. The number of nitrogens with zero attached hydrogens (tertiary/aromatic N) is 2. The summed E-state index contributed by atoms with van der Waals surface area (Å²) in [5.74, 6) is -1.85. The summed E-state index contributed by atoms with van der Waals surface area (Å²) in [5.41, 5.74) is 0.776. The number of halogens is 2. The number of carbonyl (C=O) groups is 1. The molecule has 0 aliphatic rings. The molecule has 17 heavy (non-hydrogen) atoms. The van der Waals surface area contributed by atoms with Gasteiger partial charge in [0.2, 0.25) is 0 Å². The zero-order valence-electron chi connectivity index (χ0n) is 9.58. The molecule has 0 N–H and O–H groups in total. The number of carbonyl (C=O) groups excluding carboxylic acids is 1. The van der Waals surface area contributed by atoms with E-state index in [2.05, 4.69) is 4.98 Å². The second-order valence-electron chi connectivity index (χ2n) is 3.90. The van der Waals surface area contributed by atoms with Gasteiger partial charge < -0.3 is 4.57 Å². The van der Waals surface area contributed by atoms with E-state index in [0.717, 1.165) is 12.1 Å². The van der Waals surface area contributed by atoms with E-state index in [1.807, 2.05) is 0 Å². The predicted octanol–water partition coefficient (Wildman–Crippen LogP) is 2.85. The van der Waals surface area contributed by atoms with Crippen LogP contribution in [0.5, 0.6) is 0 Å². The third-order valence-electron chi connectivity index (χ3n) is 2.85. The largest absolute Gasteiger partial charge is 0.320 e. The summed E-state index contributed by atoms with van der Waals surface area (Å²) in [7, 11) is 0. The molecule has 2 rings (SSSR count). The molecule has 90 valence electrons. The summed E-state index contributed by atoms with van der Waals surface area (Å²) in [6.07, 6.45) is 1.83. The second-order valence-corrected chi connectivity index (χ2v) is 3.90. The van der Waals surface area contributed by atoms with E-state index in [0.29, 0.717) is 17.5 Å². The molecule has 0 aliphatic heterocycles. The highest BCUT2D eigenvalue weighted by atomic mass is 19.2. The highest BCUT2D eigenvalue weighted by molar-refractivity contribution is 5.85. The fourth-order valence-corrected chi connectivity index (χ4v) is 1.78. The number of hydrogen-bond donors (Lipinski definition) is 0. The topological polar surface area (TPSA) is 34.9 Å². The molecule has 1 atom stereocenters. The minimum atomic E-state index is -0.935. The van der Waals surface area contributed by atoms with Crippen molar-refractivity contribution in [2.75, 3.05) is 0 Å². The molecule has 0 aliphatic carbocycles. The Labute approximate surface area is 97.1 Å². The van der Waals surface area contributed by atoms with Crippen LogP contribution in [0.4, 0.5) is 8.78 Å². The van der Waals surface area contributed by atoms with Crippen LogP contribution in [0, 0.1) is 11.6 Å². The lowest BCUT2D eigenvalue weighted by molar-refractivity contribution is -0.121. The maximum Gasteiger partial charge on any atom is 0.161 e.